The van der Waals surface area contributed by atoms with Gasteiger partial charge in [0.05, 0.1) is 12.6 Å². The first-order valence-electron chi connectivity index (χ1n) is 5.38. The number of anilines is 1. The summed E-state index contributed by atoms with van der Waals surface area (Å²) < 4.78 is 0. The zero-order valence-electron chi connectivity index (χ0n) is 8.79. The van der Waals surface area contributed by atoms with Crippen LogP contribution in [0.15, 0.2) is 18.2 Å². The molecule has 1 aromatic rings. The highest BCUT2D eigenvalue weighted by molar-refractivity contribution is 5.98. The van der Waals surface area contributed by atoms with Gasteiger partial charge in [0.15, 0.2) is 0 Å². The van der Waals surface area contributed by atoms with Gasteiger partial charge in [-0.2, -0.15) is 0 Å². The Hall–Kier alpha value is -1.35. The van der Waals surface area contributed by atoms with Gasteiger partial charge in [-0.15, -0.1) is 0 Å². The molecule has 3 nitrogen and oxygen atoms in total. The molecule has 3 heteroatoms. The van der Waals surface area contributed by atoms with Crippen LogP contribution >= 0.6 is 0 Å². The second-order valence-electron chi connectivity index (χ2n) is 4.33. The molecule has 3 rings (SSSR count). The lowest BCUT2D eigenvalue weighted by molar-refractivity contribution is -0.119. The second kappa shape index (κ2) is 3.07. The van der Waals surface area contributed by atoms with Crippen LogP contribution in [0.2, 0.25) is 0 Å². The summed E-state index contributed by atoms with van der Waals surface area (Å²) in [5, 5.41) is 3.17. The molecule has 0 radical (unpaired) electrons. The number of aryl methyl sites for hydroxylation is 1. The van der Waals surface area contributed by atoms with Crippen molar-refractivity contribution in [1.29, 1.82) is 0 Å². The number of nitrogens with one attached hydrogen (secondary N) is 1. The number of amides is 1. The third-order valence-electron chi connectivity index (χ3n) is 3.37. The molecule has 1 atom stereocenters. The molecule has 0 saturated carbocycles. The number of carbonyl (C=O) groups is 1. The van der Waals surface area contributed by atoms with E-state index in [0.717, 1.165) is 18.7 Å². The normalized spacial score (nSPS) is 23.9. The summed E-state index contributed by atoms with van der Waals surface area (Å²) in [6.07, 6.45) is 1.00. The number of benzene rings is 1. The summed E-state index contributed by atoms with van der Waals surface area (Å²) in [7, 11) is 0. The number of carbonyl (C=O) groups excluding carboxylic acids is 1. The van der Waals surface area contributed by atoms with Crippen LogP contribution in [0.5, 0.6) is 0 Å². The van der Waals surface area contributed by atoms with Crippen molar-refractivity contribution in [2.24, 2.45) is 0 Å². The van der Waals surface area contributed by atoms with Crippen molar-refractivity contribution in [1.82, 2.24) is 5.32 Å². The lowest BCUT2D eigenvalue weighted by Gasteiger charge is -2.30. The topological polar surface area (TPSA) is 32.3 Å². The van der Waals surface area contributed by atoms with E-state index >= 15 is 0 Å². The molecule has 78 valence electrons. The smallest absolute Gasteiger partial charge is 0.241 e. The largest absolute Gasteiger partial charge is 0.306 e. The van der Waals surface area contributed by atoms with Gasteiger partial charge in [-0.25, -0.2) is 0 Å². The lowest BCUT2D eigenvalue weighted by atomic mass is 10.0. The van der Waals surface area contributed by atoms with Crippen molar-refractivity contribution in [3.63, 3.8) is 0 Å². The Bertz CT molecular complexity index is 428. The molecule has 2 heterocycles. The van der Waals surface area contributed by atoms with E-state index < -0.39 is 0 Å². The highest BCUT2D eigenvalue weighted by Crippen LogP contribution is 2.34. The highest BCUT2D eigenvalue weighted by Gasteiger charge is 2.36. The molecule has 1 saturated heterocycles. The molecule has 1 amide bonds. The van der Waals surface area contributed by atoms with Gasteiger partial charge in [0.1, 0.15) is 0 Å². The zero-order chi connectivity index (χ0) is 10.4. The number of nitrogens with zero attached hydrogens (tertiary/aromatic N) is 1. The van der Waals surface area contributed by atoms with E-state index in [2.05, 4.69) is 24.4 Å². The lowest BCUT2D eigenvalue weighted by Crippen LogP contribution is -2.53. The first kappa shape index (κ1) is 8.92. The van der Waals surface area contributed by atoms with E-state index in [1.807, 2.05) is 11.0 Å². The minimum absolute atomic E-state index is 0.204. The highest BCUT2D eigenvalue weighted by atomic mass is 16.2. The standard InChI is InChI=1S/C12H14N2O/c1-8-3-2-4-11-10(8)5-9-6-13-7-12(15)14(9)11/h2-4,9,13H,5-7H2,1H3. The Morgan fingerprint density at radius 1 is 1.47 bits per heavy atom. The third kappa shape index (κ3) is 1.20. The summed E-state index contributed by atoms with van der Waals surface area (Å²) in [4.78, 5) is 13.8. The van der Waals surface area contributed by atoms with E-state index in [-0.39, 0.29) is 5.91 Å². The Morgan fingerprint density at radius 2 is 2.33 bits per heavy atom. The van der Waals surface area contributed by atoms with Crippen LogP contribution in [0.1, 0.15) is 11.1 Å². The van der Waals surface area contributed by atoms with Crippen molar-refractivity contribution >= 4 is 11.6 Å². The van der Waals surface area contributed by atoms with Gasteiger partial charge < -0.3 is 10.2 Å². The van der Waals surface area contributed by atoms with Gasteiger partial charge in [0.2, 0.25) is 5.91 Å². The van der Waals surface area contributed by atoms with Crippen molar-refractivity contribution in [3.8, 4) is 0 Å². The fourth-order valence-corrected chi connectivity index (χ4v) is 2.63. The summed E-state index contributed by atoms with van der Waals surface area (Å²) in [5.41, 5.74) is 3.78. The van der Waals surface area contributed by atoms with Crippen molar-refractivity contribution in [2.75, 3.05) is 18.0 Å². The van der Waals surface area contributed by atoms with E-state index in [9.17, 15) is 4.79 Å². The Balaban J connectivity index is 2.11. The molecule has 2 aliphatic heterocycles. The summed E-state index contributed by atoms with van der Waals surface area (Å²) in [6, 6.07) is 6.55. The van der Waals surface area contributed by atoms with Crippen LogP contribution in [-0.4, -0.2) is 25.0 Å². The molecule has 0 spiro atoms. The van der Waals surface area contributed by atoms with Crippen molar-refractivity contribution < 1.29 is 4.79 Å². The van der Waals surface area contributed by atoms with E-state index in [1.54, 1.807) is 0 Å². The Morgan fingerprint density at radius 3 is 3.20 bits per heavy atom. The first-order valence-corrected chi connectivity index (χ1v) is 5.38. The molecule has 0 aromatic heterocycles. The van der Waals surface area contributed by atoms with E-state index in [1.165, 1.54) is 11.1 Å². The molecular formula is C12H14N2O. The first-order chi connectivity index (χ1) is 7.27. The average Bonchev–Trinajstić information content (AvgIpc) is 2.59. The average molecular weight is 202 g/mol. The van der Waals surface area contributed by atoms with Gasteiger partial charge in [-0.3, -0.25) is 4.79 Å². The summed E-state index contributed by atoms with van der Waals surface area (Å²) in [5.74, 6) is 0.204. The molecule has 0 bridgehead atoms. The zero-order valence-corrected chi connectivity index (χ0v) is 8.79. The SMILES string of the molecule is Cc1cccc2c1CC1CNCC(=O)N21. The van der Waals surface area contributed by atoms with Crippen LogP contribution in [0, 0.1) is 6.92 Å². The number of hydrogen-bond donors (Lipinski definition) is 1. The fraction of sp³-hybridized carbons (Fsp3) is 0.417. The van der Waals surface area contributed by atoms with Crippen LogP contribution < -0.4 is 10.2 Å². The Kier molecular flexibility index (Phi) is 1.83. The van der Waals surface area contributed by atoms with Crippen LogP contribution in [0.25, 0.3) is 0 Å². The third-order valence-corrected chi connectivity index (χ3v) is 3.37. The number of fused-ring (bicyclic) bond motifs is 3. The summed E-state index contributed by atoms with van der Waals surface area (Å²) >= 11 is 0. The predicted octanol–water partition coefficient (Wildman–Crippen LogP) is 0.856. The van der Waals surface area contributed by atoms with Gasteiger partial charge in [-0.1, -0.05) is 12.1 Å². The molecule has 1 N–H and O–H groups in total. The monoisotopic (exact) mass is 202 g/mol. The number of piperazine rings is 1. The molecule has 15 heavy (non-hydrogen) atoms. The molecular weight excluding hydrogens is 188 g/mol. The van der Waals surface area contributed by atoms with Crippen LogP contribution in [0.3, 0.4) is 0 Å². The van der Waals surface area contributed by atoms with Gasteiger partial charge >= 0.3 is 0 Å². The molecule has 0 aliphatic carbocycles. The fourth-order valence-electron chi connectivity index (χ4n) is 2.63. The quantitative estimate of drug-likeness (QED) is 0.676. The summed E-state index contributed by atoms with van der Waals surface area (Å²) in [6.45, 7) is 3.51. The predicted molar refractivity (Wildman–Crippen MR) is 59.0 cm³/mol. The minimum atomic E-state index is 0.204. The van der Waals surface area contributed by atoms with E-state index in [4.69, 9.17) is 0 Å². The van der Waals surface area contributed by atoms with Crippen LogP contribution in [-0.2, 0) is 11.2 Å². The van der Waals surface area contributed by atoms with Crippen molar-refractivity contribution in [2.45, 2.75) is 19.4 Å². The Labute approximate surface area is 89.1 Å². The van der Waals surface area contributed by atoms with Crippen molar-refractivity contribution in [3.05, 3.63) is 29.3 Å². The number of rotatable bonds is 0. The van der Waals surface area contributed by atoms with Gasteiger partial charge in [0.25, 0.3) is 0 Å². The maximum atomic E-state index is 11.8. The van der Waals surface area contributed by atoms with Crippen LogP contribution in [0.4, 0.5) is 5.69 Å². The minimum Gasteiger partial charge on any atom is -0.306 e. The second-order valence-corrected chi connectivity index (χ2v) is 4.33. The maximum Gasteiger partial charge on any atom is 0.241 e. The molecule has 1 fully saturated rings. The maximum absolute atomic E-state index is 11.8. The molecule has 2 aliphatic rings. The number of hydrogen-bond acceptors (Lipinski definition) is 2. The van der Waals surface area contributed by atoms with Gasteiger partial charge in [-0.05, 0) is 30.5 Å². The van der Waals surface area contributed by atoms with Gasteiger partial charge in [0, 0.05) is 12.2 Å². The van der Waals surface area contributed by atoms with E-state index in [0.29, 0.717) is 12.6 Å². The molecule has 1 unspecified atom stereocenters. The molecule has 1 aromatic carbocycles.